The minimum absolute atomic E-state index is 0.289. The molecule has 0 bridgehead atoms. The van der Waals surface area contributed by atoms with E-state index in [0.717, 1.165) is 0 Å². The fourth-order valence-corrected chi connectivity index (χ4v) is 2.65. The van der Waals surface area contributed by atoms with Crippen molar-refractivity contribution >= 4 is 52.6 Å². The molecular formula is C16H8Cl3NO2. The lowest BCUT2D eigenvalue weighted by Gasteiger charge is -2.04. The van der Waals surface area contributed by atoms with E-state index in [9.17, 15) is 4.79 Å². The molecule has 0 aromatic heterocycles. The van der Waals surface area contributed by atoms with Crippen molar-refractivity contribution in [2.24, 2.45) is 5.16 Å². The average Bonchev–Trinajstić information content (AvgIpc) is 2.85. The van der Waals surface area contributed by atoms with E-state index in [1.807, 2.05) is 0 Å². The summed E-state index contributed by atoms with van der Waals surface area (Å²) in [6, 6.07) is 12.0. The molecule has 3 nitrogen and oxygen atoms in total. The minimum Gasteiger partial charge on any atom is -0.312 e. The SMILES string of the molecule is O=C1ON=C(c2ccc(Cl)cc2)/C1=C/c1c(Cl)cccc1Cl. The van der Waals surface area contributed by atoms with Gasteiger partial charge in [-0.15, -0.1) is 0 Å². The zero-order chi connectivity index (χ0) is 15.7. The first-order chi connectivity index (χ1) is 10.6. The number of benzene rings is 2. The monoisotopic (exact) mass is 351 g/mol. The maximum absolute atomic E-state index is 11.9. The molecule has 0 spiro atoms. The van der Waals surface area contributed by atoms with Crippen molar-refractivity contribution in [3.8, 4) is 0 Å². The summed E-state index contributed by atoms with van der Waals surface area (Å²) in [5.41, 5.74) is 1.96. The largest absolute Gasteiger partial charge is 0.368 e. The Bertz CT molecular complexity index is 790. The van der Waals surface area contributed by atoms with Gasteiger partial charge in [-0.25, -0.2) is 4.79 Å². The number of oxime groups is 1. The van der Waals surface area contributed by atoms with Crippen LogP contribution in [0.15, 0.2) is 53.2 Å². The van der Waals surface area contributed by atoms with Gasteiger partial charge in [-0.3, -0.25) is 0 Å². The second kappa shape index (κ2) is 6.13. The summed E-state index contributed by atoms with van der Waals surface area (Å²) in [4.78, 5) is 16.7. The average molecular weight is 353 g/mol. The van der Waals surface area contributed by atoms with E-state index in [2.05, 4.69) is 5.16 Å². The Morgan fingerprint density at radius 2 is 1.59 bits per heavy atom. The number of hydrogen-bond acceptors (Lipinski definition) is 3. The van der Waals surface area contributed by atoms with Crippen LogP contribution in [-0.2, 0) is 9.63 Å². The van der Waals surface area contributed by atoms with Crippen LogP contribution in [0.2, 0.25) is 15.1 Å². The summed E-state index contributed by atoms with van der Waals surface area (Å²) in [6.07, 6.45) is 1.58. The molecule has 2 aromatic rings. The summed E-state index contributed by atoms with van der Waals surface area (Å²) >= 11 is 18.1. The van der Waals surface area contributed by atoms with Crippen molar-refractivity contribution in [2.45, 2.75) is 0 Å². The summed E-state index contributed by atoms with van der Waals surface area (Å²) in [5.74, 6) is -0.555. The van der Waals surface area contributed by atoms with Crippen LogP contribution < -0.4 is 0 Å². The molecule has 0 saturated heterocycles. The van der Waals surface area contributed by atoms with Crippen LogP contribution in [0.1, 0.15) is 11.1 Å². The lowest BCUT2D eigenvalue weighted by Crippen LogP contribution is -2.06. The van der Waals surface area contributed by atoms with Gasteiger partial charge in [-0.1, -0.05) is 58.2 Å². The van der Waals surface area contributed by atoms with Gasteiger partial charge < -0.3 is 4.84 Å². The highest BCUT2D eigenvalue weighted by Crippen LogP contribution is 2.29. The molecule has 3 rings (SSSR count). The van der Waals surface area contributed by atoms with E-state index in [0.29, 0.717) is 31.9 Å². The normalized spacial score (nSPS) is 15.9. The molecule has 0 amide bonds. The smallest absolute Gasteiger partial charge is 0.312 e. The summed E-state index contributed by atoms with van der Waals surface area (Å²) in [7, 11) is 0. The second-order valence-corrected chi connectivity index (χ2v) is 5.77. The molecule has 0 fully saturated rings. The molecule has 1 heterocycles. The van der Waals surface area contributed by atoms with E-state index in [1.165, 1.54) is 0 Å². The second-order valence-electron chi connectivity index (χ2n) is 4.52. The minimum atomic E-state index is -0.555. The Morgan fingerprint density at radius 3 is 2.23 bits per heavy atom. The van der Waals surface area contributed by atoms with Crippen LogP contribution in [0.3, 0.4) is 0 Å². The maximum Gasteiger partial charge on any atom is 0.368 e. The third-order valence-electron chi connectivity index (χ3n) is 3.10. The highest BCUT2D eigenvalue weighted by Gasteiger charge is 2.27. The molecule has 0 radical (unpaired) electrons. The fourth-order valence-electron chi connectivity index (χ4n) is 2.02. The Labute approximate surface area is 141 Å². The highest BCUT2D eigenvalue weighted by molar-refractivity contribution is 6.38. The fraction of sp³-hybridized carbons (Fsp3) is 0. The van der Waals surface area contributed by atoms with Crippen molar-refractivity contribution in [2.75, 3.05) is 0 Å². The number of hydrogen-bond donors (Lipinski definition) is 0. The summed E-state index contributed by atoms with van der Waals surface area (Å²) in [6.45, 7) is 0. The number of halogens is 3. The summed E-state index contributed by atoms with van der Waals surface area (Å²) in [5, 5.41) is 5.29. The Hall–Kier alpha value is -1.81. The molecule has 6 heteroatoms. The van der Waals surface area contributed by atoms with E-state index in [-0.39, 0.29) is 5.57 Å². The van der Waals surface area contributed by atoms with Crippen LogP contribution in [-0.4, -0.2) is 11.7 Å². The Kier molecular flexibility index (Phi) is 4.21. The molecule has 0 unspecified atom stereocenters. The van der Waals surface area contributed by atoms with Crippen molar-refractivity contribution in [1.82, 2.24) is 0 Å². The van der Waals surface area contributed by atoms with Crippen LogP contribution in [0.4, 0.5) is 0 Å². The molecule has 0 saturated carbocycles. The zero-order valence-electron chi connectivity index (χ0n) is 11.0. The van der Waals surface area contributed by atoms with Crippen LogP contribution in [0.5, 0.6) is 0 Å². The first-order valence-corrected chi connectivity index (χ1v) is 7.41. The molecule has 2 aromatic carbocycles. The molecule has 0 N–H and O–H groups in total. The van der Waals surface area contributed by atoms with Gasteiger partial charge in [0.05, 0.1) is 5.57 Å². The molecule has 0 aliphatic carbocycles. The zero-order valence-corrected chi connectivity index (χ0v) is 13.3. The molecule has 0 atom stereocenters. The molecule has 110 valence electrons. The van der Waals surface area contributed by atoms with Crippen molar-refractivity contribution in [3.05, 3.63) is 74.2 Å². The molecular weight excluding hydrogens is 345 g/mol. The van der Waals surface area contributed by atoms with Gasteiger partial charge in [0.1, 0.15) is 5.71 Å². The van der Waals surface area contributed by atoms with Crippen LogP contribution in [0.25, 0.3) is 6.08 Å². The maximum atomic E-state index is 11.9. The van der Waals surface area contributed by atoms with E-state index < -0.39 is 5.97 Å². The van der Waals surface area contributed by atoms with Crippen LogP contribution >= 0.6 is 34.8 Å². The molecule has 1 aliphatic rings. The summed E-state index contributed by atoms with van der Waals surface area (Å²) < 4.78 is 0. The quantitative estimate of drug-likeness (QED) is 0.564. The van der Waals surface area contributed by atoms with Crippen molar-refractivity contribution < 1.29 is 9.63 Å². The lowest BCUT2D eigenvalue weighted by molar-refractivity contribution is -0.136. The van der Waals surface area contributed by atoms with Crippen molar-refractivity contribution in [3.63, 3.8) is 0 Å². The standard InChI is InChI=1S/C16H8Cl3NO2/c17-10-6-4-9(5-7-10)15-12(16(21)22-20-15)8-11-13(18)2-1-3-14(11)19/h1-8H/b12-8-. The van der Waals surface area contributed by atoms with Gasteiger partial charge in [-0.2, -0.15) is 0 Å². The third-order valence-corrected chi connectivity index (χ3v) is 4.01. The molecule has 1 aliphatic heterocycles. The third kappa shape index (κ3) is 2.88. The lowest BCUT2D eigenvalue weighted by atomic mass is 10.0. The van der Waals surface area contributed by atoms with Crippen molar-refractivity contribution in [1.29, 1.82) is 0 Å². The van der Waals surface area contributed by atoms with E-state index >= 15 is 0 Å². The predicted molar refractivity (Wildman–Crippen MR) is 88.5 cm³/mol. The van der Waals surface area contributed by atoms with Gasteiger partial charge in [0.2, 0.25) is 0 Å². The number of nitrogens with zero attached hydrogens (tertiary/aromatic N) is 1. The van der Waals surface area contributed by atoms with Crippen LogP contribution in [0, 0.1) is 0 Å². The number of carbonyl (C=O) groups is 1. The van der Waals surface area contributed by atoms with E-state index in [1.54, 1.807) is 48.5 Å². The van der Waals surface area contributed by atoms with Gasteiger partial charge in [0, 0.05) is 26.2 Å². The van der Waals surface area contributed by atoms with Gasteiger partial charge in [-0.05, 0) is 30.3 Å². The highest BCUT2D eigenvalue weighted by atomic mass is 35.5. The first kappa shape index (κ1) is 15.1. The number of carbonyl (C=O) groups excluding carboxylic acids is 1. The van der Waals surface area contributed by atoms with Gasteiger partial charge >= 0.3 is 5.97 Å². The predicted octanol–water partition coefficient (Wildman–Crippen LogP) is 4.99. The molecule has 22 heavy (non-hydrogen) atoms. The van der Waals surface area contributed by atoms with E-state index in [4.69, 9.17) is 39.6 Å². The number of rotatable bonds is 2. The van der Waals surface area contributed by atoms with Gasteiger partial charge in [0.15, 0.2) is 0 Å². The Balaban J connectivity index is 2.08. The van der Waals surface area contributed by atoms with Gasteiger partial charge in [0.25, 0.3) is 0 Å². The topological polar surface area (TPSA) is 38.7 Å². The first-order valence-electron chi connectivity index (χ1n) is 6.27. The Morgan fingerprint density at radius 1 is 0.955 bits per heavy atom.